The largest absolute Gasteiger partial charge is 0.298 e. The molecule has 0 aromatic rings. The van der Waals surface area contributed by atoms with E-state index in [2.05, 4.69) is 25.3 Å². The Bertz CT molecular complexity index is 217. The van der Waals surface area contributed by atoms with Gasteiger partial charge in [-0.25, -0.2) is 0 Å². The summed E-state index contributed by atoms with van der Waals surface area (Å²) in [5.74, 6) is -0.696. The molecule has 2 atom stereocenters. The minimum Gasteiger partial charge on any atom is -0.298 e. The van der Waals surface area contributed by atoms with Crippen molar-refractivity contribution in [2.75, 3.05) is 0 Å². The predicted octanol–water partition coefficient (Wildman–Crippen LogP) is 2.96. The molecule has 0 heterocycles. The average Bonchev–Trinajstić information content (AvgIpc) is 2.26. The fraction of sp³-hybridized carbons (Fsp3) is 0.833. The molecular formula is C12H22O2S2. The van der Waals surface area contributed by atoms with Crippen LogP contribution in [0.4, 0.5) is 0 Å². The lowest BCUT2D eigenvalue weighted by atomic mass is 9.93. The summed E-state index contributed by atoms with van der Waals surface area (Å²) in [6, 6.07) is 0. The summed E-state index contributed by atoms with van der Waals surface area (Å²) in [7, 11) is 0. The number of hydrogen-bond donors (Lipinski definition) is 2. The van der Waals surface area contributed by atoms with Gasteiger partial charge < -0.3 is 0 Å². The minimum atomic E-state index is -0.567. The van der Waals surface area contributed by atoms with Crippen molar-refractivity contribution in [3.63, 3.8) is 0 Å². The third-order valence-corrected chi connectivity index (χ3v) is 3.66. The highest BCUT2D eigenvalue weighted by molar-refractivity contribution is 7.82. The summed E-state index contributed by atoms with van der Waals surface area (Å²) < 4.78 is 0. The van der Waals surface area contributed by atoms with Gasteiger partial charge in [-0.05, 0) is 19.8 Å². The van der Waals surface area contributed by atoms with Crippen molar-refractivity contribution in [1.82, 2.24) is 0 Å². The molecule has 2 nitrogen and oxygen atoms in total. The maximum atomic E-state index is 11.9. The summed E-state index contributed by atoms with van der Waals surface area (Å²) >= 11 is 8.47. The Kier molecular flexibility index (Phi) is 8.20. The van der Waals surface area contributed by atoms with Crippen LogP contribution < -0.4 is 0 Å². The number of carbonyl (C=O) groups excluding carboxylic acids is 2. The maximum Gasteiger partial charge on any atom is 0.155 e. The van der Waals surface area contributed by atoms with E-state index in [1.165, 1.54) is 0 Å². The van der Waals surface area contributed by atoms with Gasteiger partial charge in [-0.3, -0.25) is 9.59 Å². The third-order valence-electron chi connectivity index (χ3n) is 2.63. The molecule has 16 heavy (non-hydrogen) atoms. The van der Waals surface area contributed by atoms with E-state index < -0.39 is 5.92 Å². The first-order valence-electron chi connectivity index (χ1n) is 5.89. The van der Waals surface area contributed by atoms with Crippen molar-refractivity contribution in [2.24, 2.45) is 5.92 Å². The lowest BCUT2D eigenvalue weighted by Crippen LogP contribution is -2.33. The van der Waals surface area contributed by atoms with E-state index >= 15 is 0 Å². The first kappa shape index (κ1) is 16.0. The van der Waals surface area contributed by atoms with Crippen LogP contribution >= 0.6 is 25.3 Å². The zero-order chi connectivity index (χ0) is 12.7. The predicted molar refractivity (Wildman–Crippen MR) is 74.5 cm³/mol. The van der Waals surface area contributed by atoms with Crippen LogP contribution in [-0.2, 0) is 9.59 Å². The molecule has 0 saturated heterocycles. The Morgan fingerprint density at radius 2 is 1.25 bits per heavy atom. The summed E-state index contributed by atoms with van der Waals surface area (Å²) in [5, 5.41) is -0.628. The topological polar surface area (TPSA) is 34.1 Å². The molecule has 0 aromatic carbocycles. The second kappa shape index (κ2) is 8.18. The van der Waals surface area contributed by atoms with Gasteiger partial charge in [-0.1, -0.05) is 26.7 Å². The van der Waals surface area contributed by atoms with E-state index in [4.69, 9.17) is 0 Å². The van der Waals surface area contributed by atoms with E-state index in [9.17, 15) is 9.59 Å². The van der Waals surface area contributed by atoms with Crippen LogP contribution in [0.5, 0.6) is 0 Å². The van der Waals surface area contributed by atoms with Gasteiger partial charge in [-0.2, -0.15) is 25.3 Å². The molecule has 0 rings (SSSR count). The number of ketones is 2. The summed E-state index contributed by atoms with van der Waals surface area (Å²) in [6.07, 6.45) is 3.26. The molecule has 94 valence electrons. The van der Waals surface area contributed by atoms with Crippen molar-refractivity contribution in [3.05, 3.63) is 0 Å². The quantitative estimate of drug-likeness (QED) is 0.521. The number of Topliss-reactive ketones (excluding diaryl/α,β-unsaturated/α-hetero) is 2. The normalized spacial score (nSPS) is 16.6. The van der Waals surface area contributed by atoms with Gasteiger partial charge in [0.1, 0.15) is 0 Å². The zero-order valence-electron chi connectivity index (χ0n) is 10.3. The Morgan fingerprint density at radius 3 is 1.50 bits per heavy atom. The Morgan fingerprint density at radius 1 is 0.938 bits per heavy atom. The summed E-state index contributed by atoms with van der Waals surface area (Å²) in [4.78, 5) is 23.7. The maximum absolute atomic E-state index is 11.9. The van der Waals surface area contributed by atoms with Crippen LogP contribution in [0.3, 0.4) is 0 Å². The van der Waals surface area contributed by atoms with Crippen LogP contribution in [0.15, 0.2) is 0 Å². The van der Waals surface area contributed by atoms with Gasteiger partial charge in [0.2, 0.25) is 0 Å². The number of carbonyl (C=O) groups is 2. The van der Waals surface area contributed by atoms with Crippen molar-refractivity contribution in [1.29, 1.82) is 0 Å². The second-order valence-corrected chi connectivity index (χ2v) is 5.38. The molecule has 0 bridgehead atoms. The van der Waals surface area contributed by atoms with Crippen molar-refractivity contribution >= 4 is 36.8 Å². The highest BCUT2D eigenvalue weighted by atomic mass is 32.1. The van der Waals surface area contributed by atoms with Gasteiger partial charge >= 0.3 is 0 Å². The monoisotopic (exact) mass is 262 g/mol. The van der Waals surface area contributed by atoms with E-state index in [0.717, 1.165) is 25.7 Å². The van der Waals surface area contributed by atoms with Crippen LogP contribution in [0.2, 0.25) is 0 Å². The molecule has 0 saturated carbocycles. The van der Waals surface area contributed by atoms with Crippen molar-refractivity contribution in [2.45, 2.75) is 57.0 Å². The van der Waals surface area contributed by atoms with Gasteiger partial charge in [0.25, 0.3) is 0 Å². The van der Waals surface area contributed by atoms with E-state index in [0.29, 0.717) is 0 Å². The molecule has 0 aliphatic heterocycles. The van der Waals surface area contributed by atoms with Crippen molar-refractivity contribution < 1.29 is 9.59 Å². The Hall–Kier alpha value is 0.0400. The number of thiol groups is 2. The van der Waals surface area contributed by atoms with E-state index in [1.54, 1.807) is 6.92 Å². The fourth-order valence-corrected chi connectivity index (χ4v) is 2.51. The second-order valence-electron chi connectivity index (χ2n) is 4.14. The summed E-state index contributed by atoms with van der Waals surface area (Å²) in [5.41, 5.74) is 0. The Balaban J connectivity index is 4.36. The molecule has 0 N–H and O–H groups in total. The minimum absolute atomic E-state index is 0.0645. The molecule has 0 aromatic heterocycles. The van der Waals surface area contributed by atoms with E-state index in [-0.39, 0.29) is 22.1 Å². The van der Waals surface area contributed by atoms with Gasteiger partial charge in [0.15, 0.2) is 11.6 Å². The highest BCUT2D eigenvalue weighted by Gasteiger charge is 2.29. The molecule has 2 unspecified atom stereocenters. The van der Waals surface area contributed by atoms with Gasteiger partial charge in [0, 0.05) is 0 Å². The SMILES string of the molecule is CCCC(S)C(=O)C(C)C(=O)C(S)CCC. The Labute approximate surface area is 109 Å². The van der Waals surface area contributed by atoms with Gasteiger partial charge in [-0.15, -0.1) is 0 Å². The van der Waals surface area contributed by atoms with Crippen molar-refractivity contribution in [3.8, 4) is 0 Å². The molecule has 4 heteroatoms. The van der Waals surface area contributed by atoms with Crippen LogP contribution in [-0.4, -0.2) is 22.1 Å². The standard InChI is InChI=1S/C12H22O2S2/c1-4-6-9(15)11(13)8(3)12(14)10(16)7-5-2/h8-10,15-16H,4-7H2,1-3H3. The average molecular weight is 262 g/mol. The number of hydrogen-bond acceptors (Lipinski definition) is 4. The van der Waals surface area contributed by atoms with Crippen LogP contribution in [0.25, 0.3) is 0 Å². The van der Waals surface area contributed by atoms with Crippen LogP contribution in [0.1, 0.15) is 46.5 Å². The molecule has 0 fully saturated rings. The number of rotatable bonds is 8. The first-order valence-corrected chi connectivity index (χ1v) is 6.92. The smallest absolute Gasteiger partial charge is 0.155 e. The highest BCUT2D eigenvalue weighted by Crippen LogP contribution is 2.17. The third kappa shape index (κ3) is 4.91. The molecule has 0 aliphatic rings. The fourth-order valence-electron chi connectivity index (χ4n) is 1.55. The molecule has 0 spiro atoms. The molecule has 0 aliphatic carbocycles. The van der Waals surface area contributed by atoms with E-state index in [1.807, 2.05) is 13.8 Å². The zero-order valence-corrected chi connectivity index (χ0v) is 12.1. The molecular weight excluding hydrogens is 240 g/mol. The first-order chi connectivity index (χ1) is 7.45. The molecule has 0 amide bonds. The van der Waals surface area contributed by atoms with Crippen LogP contribution in [0, 0.1) is 5.92 Å². The lowest BCUT2D eigenvalue weighted by Gasteiger charge is -2.17. The van der Waals surface area contributed by atoms with Gasteiger partial charge in [0.05, 0.1) is 16.4 Å². The molecule has 0 radical (unpaired) electrons. The lowest BCUT2D eigenvalue weighted by molar-refractivity contribution is -0.131. The summed E-state index contributed by atoms with van der Waals surface area (Å²) in [6.45, 7) is 5.67.